The highest BCUT2D eigenvalue weighted by Gasteiger charge is 2.10. The van der Waals surface area contributed by atoms with Gasteiger partial charge in [-0.25, -0.2) is 9.66 Å². The first-order valence-electron chi connectivity index (χ1n) is 6.39. The lowest BCUT2D eigenvalue weighted by Crippen LogP contribution is -2.29. The van der Waals surface area contributed by atoms with E-state index in [-0.39, 0.29) is 5.56 Å². The van der Waals surface area contributed by atoms with Crippen LogP contribution in [0.4, 0.5) is 0 Å². The fourth-order valence-electron chi connectivity index (χ4n) is 1.98. The highest BCUT2D eigenvalue weighted by Crippen LogP contribution is 2.23. The lowest BCUT2D eigenvalue weighted by Gasteiger charge is -2.08. The Morgan fingerprint density at radius 1 is 1.09 bits per heavy atom. The molecule has 3 aromatic rings. The van der Waals surface area contributed by atoms with E-state index < -0.39 is 0 Å². The second kappa shape index (κ2) is 6.20. The molecule has 1 aromatic heterocycles. The Bertz CT molecular complexity index is 894. The quantitative estimate of drug-likeness (QED) is 0.443. The lowest BCUT2D eigenvalue weighted by atomic mass is 10.2. The molecule has 2 aromatic carbocycles. The van der Waals surface area contributed by atoms with Gasteiger partial charge in [-0.15, -0.1) is 0 Å². The summed E-state index contributed by atoms with van der Waals surface area (Å²) in [5.74, 6) is 6.47. The van der Waals surface area contributed by atoms with Gasteiger partial charge < -0.3 is 5.84 Å². The largest absolute Gasteiger partial charge is 0.334 e. The average molecular weight is 352 g/mol. The zero-order chi connectivity index (χ0) is 15.7. The normalized spacial score (nSPS) is 11.0. The molecule has 0 saturated heterocycles. The van der Waals surface area contributed by atoms with Crippen molar-refractivity contribution in [2.24, 2.45) is 0 Å². The van der Waals surface area contributed by atoms with Crippen LogP contribution in [0.25, 0.3) is 10.9 Å². The molecule has 0 aliphatic carbocycles. The van der Waals surface area contributed by atoms with Crippen molar-refractivity contribution in [3.05, 3.63) is 68.4 Å². The molecule has 0 amide bonds. The van der Waals surface area contributed by atoms with Gasteiger partial charge in [-0.05, 0) is 35.9 Å². The Kier molecular flexibility index (Phi) is 4.29. The second-order valence-corrected chi connectivity index (χ2v) is 6.46. The van der Waals surface area contributed by atoms with E-state index in [1.807, 2.05) is 24.3 Å². The Morgan fingerprint density at radius 2 is 1.77 bits per heavy atom. The van der Waals surface area contributed by atoms with Gasteiger partial charge in [0.15, 0.2) is 5.16 Å². The highest BCUT2D eigenvalue weighted by atomic mass is 35.5. The van der Waals surface area contributed by atoms with E-state index >= 15 is 0 Å². The van der Waals surface area contributed by atoms with E-state index in [0.717, 1.165) is 10.2 Å². The second-order valence-electron chi connectivity index (χ2n) is 4.65. The number of hydrogen-bond acceptors (Lipinski definition) is 4. The molecule has 4 nitrogen and oxygen atoms in total. The molecule has 0 saturated carbocycles. The van der Waals surface area contributed by atoms with Crippen molar-refractivity contribution in [2.75, 3.05) is 5.84 Å². The van der Waals surface area contributed by atoms with Crippen molar-refractivity contribution in [2.45, 2.75) is 10.9 Å². The van der Waals surface area contributed by atoms with Gasteiger partial charge in [0.1, 0.15) is 0 Å². The maximum Gasteiger partial charge on any atom is 0.280 e. The van der Waals surface area contributed by atoms with Gasteiger partial charge in [0, 0.05) is 15.8 Å². The summed E-state index contributed by atoms with van der Waals surface area (Å²) in [4.78, 5) is 16.7. The molecule has 0 spiro atoms. The van der Waals surface area contributed by atoms with Gasteiger partial charge in [0.05, 0.1) is 10.9 Å². The number of halogens is 2. The highest BCUT2D eigenvalue weighted by molar-refractivity contribution is 7.98. The maximum absolute atomic E-state index is 12.2. The molecule has 1 heterocycles. The Morgan fingerprint density at radius 3 is 2.50 bits per heavy atom. The summed E-state index contributed by atoms with van der Waals surface area (Å²) >= 11 is 13.2. The van der Waals surface area contributed by atoms with Gasteiger partial charge in [-0.1, -0.05) is 47.1 Å². The minimum Gasteiger partial charge on any atom is -0.334 e. The molecular formula is C15H11Cl2N3OS. The number of rotatable bonds is 3. The van der Waals surface area contributed by atoms with Crippen LogP contribution in [0.3, 0.4) is 0 Å². The number of hydrogen-bond donors (Lipinski definition) is 1. The van der Waals surface area contributed by atoms with Gasteiger partial charge >= 0.3 is 0 Å². The Balaban J connectivity index is 1.94. The van der Waals surface area contributed by atoms with Crippen molar-refractivity contribution in [1.82, 2.24) is 9.66 Å². The third kappa shape index (κ3) is 3.06. The third-order valence-corrected chi connectivity index (χ3v) is 4.62. The summed E-state index contributed by atoms with van der Waals surface area (Å²) in [5, 5.41) is 2.10. The first kappa shape index (κ1) is 15.2. The van der Waals surface area contributed by atoms with E-state index in [4.69, 9.17) is 29.0 Å². The van der Waals surface area contributed by atoms with E-state index in [1.54, 1.807) is 18.2 Å². The van der Waals surface area contributed by atoms with Gasteiger partial charge in [-0.2, -0.15) is 0 Å². The predicted molar refractivity (Wildman–Crippen MR) is 92.2 cm³/mol. The van der Waals surface area contributed by atoms with Crippen LogP contribution in [0.2, 0.25) is 10.0 Å². The zero-order valence-electron chi connectivity index (χ0n) is 11.3. The van der Waals surface area contributed by atoms with E-state index in [0.29, 0.717) is 31.9 Å². The molecule has 0 unspecified atom stereocenters. The van der Waals surface area contributed by atoms with Crippen molar-refractivity contribution in [3.63, 3.8) is 0 Å². The number of nitrogen functional groups attached to an aromatic ring is 1. The van der Waals surface area contributed by atoms with Crippen molar-refractivity contribution in [3.8, 4) is 0 Å². The maximum atomic E-state index is 12.2. The summed E-state index contributed by atoms with van der Waals surface area (Å²) in [5.41, 5.74) is 1.31. The zero-order valence-corrected chi connectivity index (χ0v) is 13.6. The summed E-state index contributed by atoms with van der Waals surface area (Å²) < 4.78 is 1.07. The summed E-state index contributed by atoms with van der Waals surface area (Å²) in [6.07, 6.45) is 0. The number of aromatic nitrogens is 2. The first-order valence-corrected chi connectivity index (χ1v) is 8.13. The molecule has 2 N–H and O–H groups in total. The Hall–Kier alpha value is -1.69. The van der Waals surface area contributed by atoms with Gasteiger partial charge in [-0.3, -0.25) is 4.79 Å². The molecule has 0 bridgehead atoms. The van der Waals surface area contributed by atoms with Crippen LogP contribution in [0.1, 0.15) is 5.56 Å². The summed E-state index contributed by atoms with van der Waals surface area (Å²) in [6.45, 7) is 0. The smallest absolute Gasteiger partial charge is 0.280 e. The van der Waals surface area contributed by atoms with Crippen molar-refractivity contribution < 1.29 is 0 Å². The lowest BCUT2D eigenvalue weighted by molar-refractivity contribution is 0.779. The number of nitrogens with zero attached hydrogens (tertiary/aromatic N) is 2. The number of thioether (sulfide) groups is 1. The predicted octanol–water partition coefficient (Wildman–Crippen LogP) is 3.71. The molecule has 0 atom stereocenters. The molecule has 0 aliphatic heterocycles. The van der Waals surface area contributed by atoms with Crippen LogP contribution in [-0.2, 0) is 5.75 Å². The van der Waals surface area contributed by atoms with Crippen LogP contribution in [-0.4, -0.2) is 9.66 Å². The third-order valence-electron chi connectivity index (χ3n) is 3.11. The number of nitrogens with two attached hydrogens (primary N) is 1. The molecule has 3 rings (SSSR count). The molecule has 112 valence electrons. The molecule has 0 aliphatic rings. The number of benzene rings is 2. The molecule has 7 heteroatoms. The van der Waals surface area contributed by atoms with E-state index in [2.05, 4.69) is 4.98 Å². The van der Waals surface area contributed by atoms with E-state index in [1.165, 1.54) is 11.8 Å². The monoisotopic (exact) mass is 351 g/mol. The van der Waals surface area contributed by atoms with Crippen LogP contribution in [0.5, 0.6) is 0 Å². The topological polar surface area (TPSA) is 60.9 Å². The average Bonchev–Trinajstić information content (AvgIpc) is 2.51. The molecule has 22 heavy (non-hydrogen) atoms. The molecule has 0 fully saturated rings. The standard InChI is InChI=1S/C15H11Cl2N3OS/c16-10-3-1-9(2-4-10)8-22-15-19-13-7-11(17)5-6-12(13)14(21)20(15)18/h1-7H,8,18H2. The Labute approximate surface area is 140 Å². The minimum atomic E-state index is -0.291. The fourth-order valence-corrected chi connectivity index (χ4v) is 3.15. The van der Waals surface area contributed by atoms with Crippen LogP contribution in [0.15, 0.2) is 52.4 Å². The summed E-state index contributed by atoms with van der Waals surface area (Å²) in [6, 6.07) is 12.4. The van der Waals surface area contributed by atoms with Gasteiger partial charge in [0.2, 0.25) is 0 Å². The van der Waals surface area contributed by atoms with Crippen LogP contribution in [0, 0.1) is 0 Å². The summed E-state index contributed by atoms with van der Waals surface area (Å²) in [7, 11) is 0. The van der Waals surface area contributed by atoms with Crippen LogP contribution >= 0.6 is 35.0 Å². The van der Waals surface area contributed by atoms with Gasteiger partial charge in [0.25, 0.3) is 5.56 Å². The van der Waals surface area contributed by atoms with Crippen LogP contribution < -0.4 is 11.4 Å². The minimum absolute atomic E-state index is 0.291. The van der Waals surface area contributed by atoms with Crippen molar-refractivity contribution in [1.29, 1.82) is 0 Å². The molecular weight excluding hydrogens is 341 g/mol. The molecule has 0 radical (unpaired) electrons. The number of fused-ring (bicyclic) bond motifs is 1. The van der Waals surface area contributed by atoms with Crippen molar-refractivity contribution >= 4 is 45.9 Å². The first-order chi connectivity index (χ1) is 10.5. The van der Waals surface area contributed by atoms with E-state index in [9.17, 15) is 4.79 Å². The fraction of sp³-hybridized carbons (Fsp3) is 0.0667. The SMILES string of the molecule is Nn1c(SCc2ccc(Cl)cc2)nc2cc(Cl)ccc2c1=O.